The molecule has 0 bridgehead atoms. The Balaban J connectivity index is 3.20. The first kappa shape index (κ1) is 7.86. The third-order valence-corrected chi connectivity index (χ3v) is 2.61. The number of aryl methyl sites for hydroxylation is 1. The molecule has 0 aliphatic carbocycles. The molecular weight excluding hydrogens is 190 g/mol. The van der Waals surface area contributed by atoms with E-state index in [1.807, 2.05) is 0 Å². The fourth-order valence-electron chi connectivity index (χ4n) is 1.27. The Morgan fingerprint density at radius 1 is 1.60 bits per heavy atom. The van der Waals surface area contributed by atoms with Crippen molar-refractivity contribution in [3.63, 3.8) is 0 Å². The maximum atomic E-state index is 3.47. The molecule has 0 amide bonds. The summed E-state index contributed by atoms with van der Waals surface area (Å²) in [7, 11) is 2.08. The summed E-state index contributed by atoms with van der Waals surface area (Å²) in [6.45, 7) is 4.32. The first-order chi connectivity index (χ1) is 4.66. The smallest absolute Gasteiger partial charge is 0.0848 e. The third-order valence-electron chi connectivity index (χ3n) is 1.85. The van der Waals surface area contributed by atoms with Gasteiger partial charge in [0, 0.05) is 12.7 Å². The number of nitrogens with zero attached hydrogens (tertiary/aromatic N) is 1. The Morgan fingerprint density at radius 3 is 2.40 bits per heavy atom. The zero-order chi connectivity index (χ0) is 7.72. The van der Waals surface area contributed by atoms with E-state index in [0.29, 0.717) is 0 Å². The van der Waals surface area contributed by atoms with Crippen molar-refractivity contribution in [1.29, 1.82) is 0 Å². The lowest BCUT2D eigenvalue weighted by Crippen LogP contribution is -1.95. The van der Waals surface area contributed by atoms with Crippen LogP contribution < -0.4 is 0 Å². The fraction of sp³-hybridized carbons (Fsp3) is 0.500. The molecule has 1 aromatic rings. The predicted molar refractivity (Wildman–Crippen MR) is 47.2 cm³/mol. The molecule has 2 heteroatoms. The van der Waals surface area contributed by atoms with E-state index < -0.39 is 0 Å². The lowest BCUT2D eigenvalue weighted by Gasteiger charge is -2.00. The zero-order valence-corrected chi connectivity index (χ0v) is 8.20. The van der Waals surface area contributed by atoms with Gasteiger partial charge in [0.05, 0.1) is 4.60 Å². The highest BCUT2D eigenvalue weighted by Gasteiger charge is 2.03. The molecule has 0 aliphatic heterocycles. The highest BCUT2D eigenvalue weighted by Crippen LogP contribution is 2.18. The Labute approximate surface area is 70.2 Å². The molecule has 0 atom stereocenters. The maximum Gasteiger partial charge on any atom is 0.0848 e. The van der Waals surface area contributed by atoms with E-state index in [-0.39, 0.29) is 0 Å². The van der Waals surface area contributed by atoms with Gasteiger partial charge >= 0.3 is 0 Å². The first-order valence-corrected chi connectivity index (χ1v) is 4.26. The standard InChI is InChI=1S/C8H12BrN/c1-4-7-6(2)5-8(9)10(7)3/h5H,4H2,1-3H3. The van der Waals surface area contributed by atoms with Crippen LogP contribution in [0, 0.1) is 6.92 Å². The Hall–Kier alpha value is -0.240. The van der Waals surface area contributed by atoms with Gasteiger partial charge in [0.25, 0.3) is 0 Å². The van der Waals surface area contributed by atoms with Gasteiger partial charge in [0.1, 0.15) is 0 Å². The number of hydrogen-bond acceptors (Lipinski definition) is 0. The van der Waals surface area contributed by atoms with Crippen LogP contribution in [0.15, 0.2) is 10.7 Å². The Morgan fingerprint density at radius 2 is 2.20 bits per heavy atom. The molecular formula is C8H12BrN. The van der Waals surface area contributed by atoms with Crippen LogP contribution in [-0.4, -0.2) is 4.57 Å². The summed E-state index contributed by atoms with van der Waals surface area (Å²) < 4.78 is 3.34. The van der Waals surface area contributed by atoms with Gasteiger partial charge in [-0.2, -0.15) is 0 Å². The van der Waals surface area contributed by atoms with E-state index in [4.69, 9.17) is 0 Å². The van der Waals surface area contributed by atoms with Crippen molar-refractivity contribution in [3.8, 4) is 0 Å². The van der Waals surface area contributed by atoms with Crippen molar-refractivity contribution in [2.75, 3.05) is 0 Å². The number of hydrogen-bond donors (Lipinski definition) is 0. The molecule has 0 fully saturated rings. The van der Waals surface area contributed by atoms with Crippen LogP contribution in [0.5, 0.6) is 0 Å². The Bertz CT molecular complexity index is 238. The van der Waals surface area contributed by atoms with Crippen LogP contribution in [0.1, 0.15) is 18.2 Å². The molecule has 0 radical (unpaired) electrons. The molecule has 0 saturated heterocycles. The molecule has 0 saturated carbocycles. The fourth-order valence-corrected chi connectivity index (χ4v) is 1.83. The molecule has 0 unspecified atom stereocenters. The molecule has 56 valence electrons. The van der Waals surface area contributed by atoms with Crippen LogP contribution in [0.2, 0.25) is 0 Å². The van der Waals surface area contributed by atoms with Crippen molar-refractivity contribution in [1.82, 2.24) is 4.57 Å². The summed E-state index contributed by atoms with van der Waals surface area (Å²) in [6.07, 6.45) is 1.11. The second-order valence-corrected chi connectivity index (χ2v) is 3.32. The normalized spacial score (nSPS) is 10.4. The summed E-state index contributed by atoms with van der Waals surface area (Å²) in [4.78, 5) is 0. The summed E-state index contributed by atoms with van der Waals surface area (Å²) in [5, 5.41) is 0. The minimum Gasteiger partial charge on any atom is -0.342 e. The minimum atomic E-state index is 1.11. The zero-order valence-electron chi connectivity index (χ0n) is 6.61. The molecule has 1 heterocycles. The van der Waals surface area contributed by atoms with E-state index >= 15 is 0 Å². The molecule has 0 aromatic carbocycles. The number of rotatable bonds is 1. The van der Waals surface area contributed by atoms with Crippen LogP contribution in [-0.2, 0) is 13.5 Å². The summed E-state index contributed by atoms with van der Waals surface area (Å²) >= 11 is 3.47. The lowest BCUT2D eigenvalue weighted by atomic mass is 10.2. The summed E-state index contributed by atoms with van der Waals surface area (Å²) in [5.74, 6) is 0. The lowest BCUT2D eigenvalue weighted by molar-refractivity contribution is 0.814. The average Bonchev–Trinajstić information content (AvgIpc) is 2.09. The van der Waals surface area contributed by atoms with Crippen LogP contribution in [0.25, 0.3) is 0 Å². The molecule has 0 N–H and O–H groups in total. The summed E-state index contributed by atoms with van der Waals surface area (Å²) in [5.41, 5.74) is 2.78. The van der Waals surface area contributed by atoms with Crippen LogP contribution in [0.4, 0.5) is 0 Å². The highest BCUT2D eigenvalue weighted by molar-refractivity contribution is 9.10. The van der Waals surface area contributed by atoms with Gasteiger partial charge in [-0.1, -0.05) is 6.92 Å². The van der Waals surface area contributed by atoms with Gasteiger partial charge in [-0.25, -0.2) is 0 Å². The highest BCUT2D eigenvalue weighted by atomic mass is 79.9. The summed E-state index contributed by atoms with van der Waals surface area (Å²) in [6, 6.07) is 2.15. The molecule has 1 aromatic heterocycles. The SMILES string of the molecule is CCc1c(C)cc(Br)n1C. The topological polar surface area (TPSA) is 4.93 Å². The van der Waals surface area contributed by atoms with Crippen molar-refractivity contribution in [2.45, 2.75) is 20.3 Å². The molecule has 1 rings (SSSR count). The van der Waals surface area contributed by atoms with Gasteiger partial charge < -0.3 is 4.57 Å². The van der Waals surface area contributed by atoms with Crippen molar-refractivity contribution in [2.24, 2.45) is 7.05 Å². The van der Waals surface area contributed by atoms with Crippen molar-refractivity contribution >= 4 is 15.9 Å². The molecule has 1 nitrogen and oxygen atoms in total. The average molecular weight is 202 g/mol. The molecule has 0 aliphatic rings. The van der Waals surface area contributed by atoms with E-state index in [0.717, 1.165) is 6.42 Å². The Kier molecular flexibility index (Phi) is 2.19. The van der Waals surface area contributed by atoms with Gasteiger partial charge in [0.15, 0.2) is 0 Å². The number of halogens is 1. The predicted octanol–water partition coefficient (Wildman–Crippen LogP) is 2.66. The van der Waals surface area contributed by atoms with Crippen LogP contribution in [0.3, 0.4) is 0 Å². The van der Waals surface area contributed by atoms with Crippen molar-refractivity contribution in [3.05, 3.63) is 21.9 Å². The quantitative estimate of drug-likeness (QED) is 0.659. The van der Waals surface area contributed by atoms with Gasteiger partial charge in [-0.3, -0.25) is 0 Å². The second kappa shape index (κ2) is 2.79. The second-order valence-electron chi connectivity index (χ2n) is 2.51. The van der Waals surface area contributed by atoms with E-state index in [1.54, 1.807) is 0 Å². The largest absolute Gasteiger partial charge is 0.342 e. The van der Waals surface area contributed by atoms with Gasteiger partial charge in [0.2, 0.25) is 0 Å². The maximum absolute atomic E-state index is 3.47. The number of aromatic nitrogens is 1. The molecule has 0 spiro atoms. The van der Waals surface area contributed by atoms with Crippen LogP contribution >= 0.6 is 15.9 Å². The monoisotopic (exact) mass is 201 g/mol. The van der Waals surface area contributed by atoms with E-state index in [9.17, 15) is 0 Å². The minimum absolute atomic E-state index is 1.11. The first-order valence-electron chi connectivity index (χ1n) is 3.47. The van der Waals surface area contributed by atoms with Crippen molar-refractivity contribution < 1.29 is 0 Å². The van der Waals surface area contributed by atoms with Gasteiger partial charge in [-0.15, -0.1) is 0 Å². The van der Waals surface area contributed by atoms with E-state index in [2.05, 4.69) is 47.5 Å². The van der Waals surface area contributed by atoms with Gasteiger partial charge in [-0.05, 0) is 40.9 Å². The van der Waals surface area contributed by atoms with E-state index in [1.165, 1.54) is 15.9 Å². The molecule has 10 heavy (non-hydrogen) atoms. The third kappa shape index (κ3) is 1.12.